The molecular weight excluding hydrogens is 649 g/mol. The second-order valence-electron chi connectivity index (χ2n) is 13.9. The Kier molecular flexibility index (Phi) is 12.7. The fraction of sp³-hybridized carbons (Fsp3) is 0.595. The van der Waals surface area contributed by atoms with Gasteiger partial charge in [-0.05, 0) is 68.8 Å². The van der Waals surface area contributed by atoms with Gasteiger partial charge in [-0.2, -0.15) is 13.2 Å². The van der Waals surface area contributed by atoms with Crippen molar-refractivity contribution in [2.24, 2.45) is 5.92 Å². The number of hydrogen-bond donors (Lipinski definition) is 1. The van der Waals surface area contributed by atoms with Crippen molar-refractivity contribution in [2.75, 3.05) is 78.4 Å². The number of nitrogens with one attached hydrogen (secondary N) is 1. The molecule has 10 nitrogen and oxygen atoms in total. The van der Waals surface area contributed by atoms with E-state index >= 15 is 0 Å². The van der Waals surface area contributed by atoms with Gasteiger partial charge in [-0.25, -0.2) is 9.59 Å². The third-order valence-electron chi connectivity index (χ3n) is 10.5. The van der Waals surface area contributed by atoms with E-state index in [9.17, 15) is 27.6 Å². The quantitative estimate of drug-likeness (QED) is 0.448. The van der Waals surface area contributed by atoms with Gasteiger partial charge in [0.1, 0.15) is 0 Å². The molecule has 2 aromatic rings. The number of para-hydroxylation sites is 1. The van der Waals surface area contributed by atoms with E-state index in [1.807, 2.05) is 34.9 Å². The lowest BCUT2D eigenvalue weighted by Crippen LogP contribution is -2.53. The average Bonchev–Trinajstić information content (AvgIpc) is 3.29. The molecule has 4 aliphatic rings. The third-order valence-corrected chi connectivity index (χ3v) is 10.5. The molecule has 0 saturated carbocycles. The number of fused-ring (bicyclic) bond motifs is 1. The fourth-order valence-electron chi connectivity index (χ4n) is 7.49. The maximum atomic E-state index is 12.9. The van der Waals surface area contributed by atoms with Gasteiger partial charge in [-0.1, -0.05) is 43.3 Å². The number of anilines is 1. The molecule has 3 saturated heterocycles. The summed E-state index contributed by atoms with van der Waals surface area (Å²) in [5, 5.41) is 3.00. The number of likely N-dealkylation sites (tertiary alicyclic amines) is 2. The molecule has 4 aliphatic heterocycles. The number of likely N-dealkylation sites (N-methyl/N-ethyl adjacent to an activating group) is 1. The SMILES string of the molecule is COC(=O)N1CCC(N2CCc3ccccc3NC2=O)CC1.C[C@H](Cc1cccc(C(F)(F)F)c1)C(=O)N1CCC(N2CCN(C)CC2)CC1. The first-order valence-corrected chi connectivity index (χ1v) is 17.8. The summed E-state index contributed by atoms with van der Waals surface area (Å²) in [5.74, 6) is -0.266. The van der Waals surface area contributed by atoms with E-state index in [1.54, 1.807) is 11.0 Å². The van der Waals surface area contributed by atoms with E-state index in [4.69, 9.17) is 4.74 Å². The highest BCUT2D eigenvalue weighted by atomic mass is 19.4. The van der Waals surface area contributed by atoms with Crippen LogP contribution in [0.15, 0.2) is 48.5 Å². The van der Waals surface area contributed by atoms with Gasteiger partial charge >= 0.3 is 18.3 Å². The molecule has 50 heavy (non-hydrogen) atoms. The van der Waals surface area contributed by atoms with E-state index in [0.29, 0.717) is 37.7 Å². The number of piperidine rings is 2. The molecule has 0 spiro atoms. The molecule has 0 radical (unpaired) electrons. The summed E-state index contributed by atoms with van der Waals surface area (Å²) < 4.78 is 43.4. The third kappa shape index (κ3) is 9.69. The van der Waals surface area contributed by atoms with Crippen LogP contribution in [0.1, 0.15) is 49.3 Å². The first-order chi connectivity index (χ1) is 23.9. The van der Waals surface area contributed by atoms with Crippen molar-refractivity contribution in [1.82, 2.24) is 24.5 Å². The van der Waals surface area contributed by atoms with Gasteiger partial charge < -0.3 is 29.7 Å². The molecule has 2 aromatic carbocycles. The number of hydrogen-bond acceptors (Lipinski definition) is 6. The van der Waals surface area contributed by atoms with Crippen molar-refractivity contribution in [2.45, 2.75) is 63.7 Å². The van der Waals surface area contributed by atoms with Gasteiger partial charge in [0.05, 0.1) is 12.7 Å². The fourth-order valence-corrected chi connectivity index (χ4v) is 7.49. The molecule has 0 aromatic heterocycles. The average molecular weight is 701 g/mol. The Balaban J connectivity index is 0.000000200. The number of carbonyl (C=O) groups excluding carboxylic acids is 3. The number of amides is 4. The van der Waals surface area contributed by atoms with Crippen molar-refractivity contribution in [3.8, 4) is 0 Å². The Labute approximate surface area is 293 Å². The van der Waals surface area contributed by atoms with Crippen LogP contribution in [-0.2, 0) is 28.5 Å². The Morgan fingerprint density at radius 3 is 2.16 bits per heavy atom. The summed E-state index contributed by atoms with van der Waals surface area (Å²) in [7, 11) is 3.54. The first-order valence-electron chi connectivity index (χ1n) is 17.8. The molecule has 1 N–H and O–H groups in total. The molecule has 274 valence electrons. The number of halogens is 3. The topological polar surface area (TPSA) is 88.7 Å². The lowest BCUT2D eigenvalue weighted by Gasteiger charge is -2.42. The predicted molar refractivity (Wildman–Crippen MR) is 186 cm³/mol. The first kappa shape index (κ1) is 37.4. The van der Waals surface area contributed by atoms with Gasteiger partial charge in [0.2, 0.25) is 5.91 Å². The van der Waals surface area contributed by atoms with E-state index in [0.717, 1.165) is 89.2 Å². The van der Waals surface area contributed by atoms with Gasteiger partial charge in [-0.15, -0.1) is 0 Å². The van der Waals surface area contributed by atoms with Crippen LogP contribution in [0.4, 0.5) is 28.4 Å². The van der Waals surface area contributed by atoms with Crippen LogP contribution < -0.4 is 5.32 Å². The number of alkyl halides is 3. The molecule has 0 aliphatic carbocycles. The molecule has 4 heterocycles. The molecule has 4 amide bonds. The maximum absolute atomic E-state index is 12.9. The largest absolute Gasteiger partial charge is 0.453 e. The van der Waals surface area contributed by atoms with E-state index in [2.05, 4.69) is 28.2 Å². The highest BCUT2D eigenvalue weighted by molar-refractivity contribution is 5.91. The number of carbonyl (C=O) groups is 3. The minimum Gasteiger partial charge on any atom is -0.453 e. The van der Waals surface area contributed by atoms with Crippen LogP contribution in [0.5, 0.6) is 0 Å². The van der Waals surface area contributed by atoms with Gasteiger partial charge in [0.15, 0.2) is 0 Å². The summed E-state index contributed by atoms with van der Waals surface area (Å²) in [5.41, 5.74) is 1.98. The number of methoxy groups -OCH3 is 1. The lowest BCUT2D eigenvalue weighted by atomic mass is 9.96. The maximum Gasteiger partial charge on any atom is 0.416 e. The summed E-state index contributed by atoms with van der Waals surface area (Å²) in [6, 6.07) is 13.9. The molecule has 0 bridgehead atoms. The summed E-state index contributed by atoms with van der Waals surface area (Å²) in [6.45, 7) is 9.62. The summed E-state index contributed by atoms with van der Waals surface area (Å²) in [4.78, 5) is 47.2. The van der Waals surface area contributed by atoms with Crippen molar-refractivity contribution in [1.29, 1.82) is 0 Å². The minimum atomic E-state index is -4.35. The van der Waals surface area contributed by atoms with Crippen LogP contribution in [0.25, 0.3) is 0 Å². The van der Waals surface area contributed by atoms with Crippen LogP contribution >= 0.6 is 0 Å². The predicted octanol–water partition coefficient (Wildman–Crippen LogP) is 5.43. The summed E-state index contributed by atoms with van der Waals surface area (Å²) in [6.07, 6.45) is 0.0859. The van der Waals surface area contributed by atoms with E-state index < -0.39 is 11.7 Å². The molecule has 3 fully saturated rings. The van der Waals surface area contributed by atoms with Crippen LogP contribution in [0, 0.1) is 5.92 Å². The molecular formula is C37H51F3N6O4. The molecule has 13 heteroatoms. The minimum absolute atomic E-state index is 0.0403. The van der Waals surface area contributed by atoms with Crippen LogP contribution in [0.2, 0.25) is 0 Å². The lowest BCUT2D eigenvalue weighted by molar-refractivity contribution is -0.137. The molecule has 1 atom stereocenters. The van der Waals surface area contributed by atoms with Crippen molar-refractivity contribution >= 4 is 23.7 Å². The number of nitrogens with zero attached hydrogens (tertiary/aromatic N) is 5. The van der Waals surface area contributed by atoms with Crippen molar-refractivity contribution in [3.05, 3.63) is 65.2 Å². The Morgan fingerprint density at radius 1 is 0.860 bits per heavy atom. The van der Waals surface area contributed by atoms with Gasteiger partial charge in [0.25, 0.3) is 0 Å². The number of piperazine rings is 1. The van der Waals surface area contributed by atoms with Gasteiger partial charge in [-0.3, -0.25) is 9.69 Å². The van der Waals surface area contributed by atoms with Crippen molar-refractivity contribution < 1.29 is 32.3 Å². The zero-order chi connectivity index (χ0) is 35.8. The Morgan fingerprint density at radius 2 is 1.50 bits per heavy atom. The second kappa shape index (κ2) is 16.9. The Hall–Kier alpha value is -3.84. The molecule has 6 rings (SSSR count). The monoisotopic (exact) mass is 700 g/mol. The van der Waals surface area contributed by atoms with E-state index in [1.165, 1.54) is 18.7 Å². The zero-order valence-corrected chi connectivity index (χ0v) is 29.5. The number of urea groups is 1. The number of rotatable bonds is 5. The summed E-state index contributed by atoms with van der Waals surface area (Å²) >= 11 is 0. The standard InChI is InChI=1S/C21H30F3N3O.C16H21N3O3/c1-16(14-17-4-3-5-18(15-17)21(22,23)24)20(28)27-8-6-19(7-9-27)26-12-10-25(2)11-13-26;1-22-16(21)18-9-7-13(8-10-18)19-11-6-12-4-2-3-5-14(12)17-15(19)20/h3-5,15-16,19H,6-14H2,1-2H3;2-5,13H,6-11H2,1H3,(H,17,20)/t16-;/m1./s1. The second-order valence-corrected chi connectivity index (χ2v) is 13.9. The highest BCUT2D eigenvalue weighted by Gasteiger charge is 2.33. The van der Waals surface area contributed by atoms with Gasteiger partial charge in [0, 0.05) is 82.6 Å². The highest BCUT2D eigenvalue weighted by Crippen LogP contribution is 2.30. The number of ether oxygens (including phenoxy) is 1. The smallest absolute Gasteiger partial charge is 0.416 e. The van der Waals surface area contributed by atoms with Crippen molar-refractivity contribution in [3.63, 3.8) is 0 Å². The zero-order valence-electron chi connectivity index (χ0n) is 29.5. The van der Waals surface area contributed by atoms with Crippen LogP contribution in [0.3, 0.4) is 0 Å². The van der Waals surface area contributed by atoms with Crippen LogP contribution in [-0.4, -0.2) is 128 Å². The normalized spacial score (nSPS) is 20.6. The molecule has 0 unspecified atom stereocenters. The van der Waals surface area contributed by atoms with E-state index in [-0.39, 0.29) is 30.0 Å². The Bertz CT molecular complexity index is 1450. The number of benzene rings is 2.